The molecule has 24 heavy (non-hydrogen) atoms. The summed E-state index contributed by atoms with van der Waals surface area (Å²) in [4.78, 5) is 28.9. The molecule has 5 nitrogen and oxygen atoms in total. The molecule has 0 bridgehead atoms. The molecule has 0 aliphatic carbocycles. The number of carbonyl (C=O) groups excluding carboxylic acids is 1. The number of hydrogen-bond donors (Lipinski definition) is 3. The molecule has 1 unspecified atom stereocenters. The van der Waals surface area contributed by atoms with Gasteiger partial charge in [-0.15, -0.1) is 0 Å². The number of H-pyrrole nitrogens is 2. The SMILES string of the molecule is CC(NC(=O)Cc1ccc(Cl)cc1Cl)c1ccc2[nH]c(=O)[nH]c2c1. The summed E-state index contributed by atoms with van der Waals surface area (Å²) in [5.41, 5.74) is 2.80. The van der Waals surface area contributed by atoms with E-state index in [0.29, 0.717) is 15.6 Å². The molecule has 3 aromatic rings. The van der Waals surface area contributed by atoms with Gasteiger partial charge in [0.15, 0.2) is 0 Å². The van der Waals surface area contributed by atoms with Gasteiger partial charge < -0.3 is 15.3 Å². The Kier molecular flexibility index (Phi) is 4.64. The highest BCUT2D eigenvalue weighted by atomic mass is 35.5. The van der Waals surface area contributed by atoms with Crippen molar-refractivity contribution in [3.8, 4) is 0 Å². The highest BCUT2D eigenvalue weighted by Gasteiger charge is 2.13. The highest BCUT2D eigenvalue weighted by molar-refractivity contribution is 6.35. The standard InChI is InChI=1S/C17H15Cl2N3O2/c1-9(10-3-5-14-15(6-10)22-17(24)21-14)20-16(23)7-11-2-4-12(18)8-13(11)19/h2-6,8-9H,7H2,1H3,(H,20,23)(H2,21,22,24). The number of carbonyl (C=O) groups is 1. The largest absolute Gasteiger partial charge is 0.349 e. The van der Waals surface area contributed by atoms with E-state index in [4.69, 9.17) is 23.2 Å². The topological polar surface area (TPSA) is 77.8 Å². The van der Waals surface area contributed by atoms with E-state index in [1.807, 2.05) is 19.1 Å². The summed E-state index contributed by atoms with van der Waals surface area (Å²) in [6, 6.07) is 10.4. The molecule has 1 heterocycles. The maximum atomic E-state index is 12.2. The Bertz CT molecular complexity index is 962. The third kappa shape index (κ3) is 3.63. The Hall–Kier alpha value is -2.24. The molecule has 3 rings (SSSR count). The van der Waals surface area contributed by atoms with Crippen LogP contribution in [0, 0.1) is 0 Å². The lowest BCUT2D eigenvalue weighted by atomic mass is 10.1. The molecule has 124 valence electrons. The summed E-state index contributed by atoms with van der Waals surface area (Å²) in [6.45, 7) is 1.88. The van der Waals surface area contributed by atoms with Gasteiger partial charge in [0, 0.05) is 10.0 Å². The maximum absolute atomic E-state index is 12.2. The quantitative estimate of drug-likeness (QED) is 0.662. The van der Waals surface area contributed by atoms with E-state index >= 15 is 0 Å². The van der Waals surface area contributed by atoms with Gasteiger partial charge in [-0.25, -0.2) is 4.79 Å². The average molecular weight is 364 g/mol. The van der Waals surface area contributed by atoms with E-state index in [0.717, 1.165) is 16.6 Å². The second-order valence-electron chi connectivity index (χ2n) is 5.59. The van der Waals surface area contributed by atoms with E-state index in [2.05, 4.69) is 15.3 Å². The fourth-order valence-electron chi connectivity index (χ4n) is 2.53. The zero-order valence-corrected chi connectivity index (χ0v) is 14.3. The van der Waals surface area contributed by atoms with Crippen LogP contribution >= 0.6 is 23.2 Å². The van der Waals surface area contributed by atoms with Gasteiger partial charge in [-0.2, -0.15) is 0 Å². The molecule has 3 N–H and O–H groups in total. The van der Waals surface area contributed by atoms with Crippen molar-refractivity contribution in [3.63, 3.8) is 0 Å². The predicted octanol–water partition coefficient (Wildman–Crippen LogP) is 3.58. The smallest absolute Gasteiger partial charge is 0.323 e. The summed E-state index contributed by atoms with van der Waals surface area (Å²) >= 11 is 11.9. The molecular formula is C17H15Cl2N3O2. The summed E-state index contributed by atoms with van der Waals surface area (Å²) in [7, 11) is 0. The third-order valence-electron chi connectivity index (χ3n) is 3.78. The molecule has 7 heteroatoms. The second-order valence-corrected chi connectivity index (χ2v) is 6.43. The van der Waals surface area contributed by atoms with Gasteiger partial charge >= 0.3 is 5.69 Å². The molecule has 0 saturated carbocycles. The average Bonchev–Trinajstić information content (AvgIpc) is 2.89. The first-order chi connectivity index (χ1) is 11.4. The van der Waals surface area contributed by atoms with Gasteiger partial charge in [0.1, 0.15) is 0 Å². The van der Waals surface area contributed by atoms with Gasteiger partial charge in [0.2, 0.25) is 5.91 Å². The van der Waals surface area contributed by atoms with Crippen LogP contribution in [0.25, 0.3) is 11.0 Å². The van der Waals surface area contributed by atoms with E-state index < -0.39 is 0 Å². The first-order valence-corrected chi connectivity index (χ1v) is 8.13. The van der Waals surface area contributed by atoms with Gasteiger partial charge in [0.25, 0.3) is 0 Å². The summed E-state index contributed by atoms with van der Waals surface area (Å²) < 4.78 is 0. The van der Waals surface area contributed by atoms with Crippen molar-refractivity contribution >= 4 is 40.1 Å². The van der Waals surface area contributed by atoms with Crippen LogP contribution in [0.5, 0.6) is 0 Å². The van der Waals surface area contributed by atoms with E-state index in [9.17, 15) is 9.59 Å². The molecule has 2 aromatic carbocycles. The van der Waals surface area contributed by atoms with Crippen LogP contribution in [-0.4, -0.2) is 15.9 Å². The molecule has 0 spiro atoms. The number of hydrogen-bond acceptors (Lipinski definition) is 2. The zero-order valence-electron chi connectivity index (χ0n) is 12.8. The Morgan fingerprint density at radius 3 is 2.62 bits per heavy atom. The van der Waals surface area contributed by atoms with Crippen molar-refractivity contribution < 1.29 is 4.79 Å². The molecule has 1 aromatic heterocycles. The number of halogens is 2. The number of fused-ring (bicyclic) bond motifs is 1. The predicted molar refractivity (Wildman–Crippen MR) is 95.6 cm³/mol. The van der Waals surface area contributed by atoms with Crippen molar-refractivity contribution in [1.29, 1.82) is 0 Å². The fraction of sp³-hybridized carbons (Fsp3) is 0.176. The molecule has 0 aliphatic rings. The molecule has 0 aliphatic heterocycles. The van der Waals surface area contributed by atoms with E-state index in [1.54, 1.807) is 24.3 Å². The van der Waals surface area contributed by atoms with Crippen LogP contribution < -0.4 is 11.0 Å². The number of amides is 1. The number of imidazole rings is 1. The first-order valence-electron chi connectivity index (χ1n) is 7.37. The van der Waals surface area contributed by atoms with Crippen LogP contribution in [0.1, 0.15) is 24.1 Å². The first kappa shape index (κ1) is 16.6. The van der Waals surface area contributed by atoms with Crippen LogP contribution in [0.4, 0.5) is 0 Å². The van der Waals surface area contributed by atoms with Gasteiger partial charge in [-0.1, -0.05) is 35.3 Å². The molecule has 0 fully saturated rings. The monoisotopic (exact) mass is 363 g/mol. The minimum absolute atomic E-state index is 0.144. The Labute approximate surface area is 148 Å². The van der Waals surface area contributed by atoms with E-state index in [1.165, 1.54) is 0 Å². The Morgan fingerprint density at radius 2 is 1.88 bits per heavy atom. The lowest BCUT2D eigenvalue weighted by molar-refractivity contribution is -0.121. The number of benzene rings is 2. The van der Waals surface area contributed by atoms with Crippen molar-refractivity contribution in [3.05, 3.63) is 68.1 Å². The van der Waals surface area contributed by atoms with Crippen molar-refractivity contribution in [2.75, 3.05) is 0 Å². The highest BCUT2D eigenvalue weighted by Crippen LogP contribution is 2.22. The molecule has 1 atom stereocenters. The Balaban J connectivity index is 1.71. The summed E-state index contributed by atoms with van der Waals surface area (Å²) in [5, 5.41) is 3.93. The van der Waals surface area contributed by atoms with Crippen molar-refractivity contribution in [2.24, 2.45) is 0 Å². The Morgan fingerprint density at radius 1 is 1.12 bits per heavy atom. The van der Waals surface area contributed by atoms with Gasteiger partial charge in [0.05, 0.1) is 23.5 Å². The molecule has 0 radical (unpaired) electrons. The van der Waals surface area contributed by atoms with Gasteiger partial charge in [-0.3, -0.25) is 4.79 Å². The minimum atomic E-state index is -0.254. The lowest BCUT2D eigenvalue weighted by Crippen LogP contribution is -2.28. The summed E-state index contributed by atoms with van der Waals surface area (Å²) in [6.07, 6.45) is 0.170. The number of aromatic nitrogens is 2. The van der Waals surface area contributed by atoms with Crippen LogP contribution in [-0.2, 0) is 11.2 Å². The number of aromatic amines is 2. The van der Waals surface area contributed by atoms with Crippen LogP contribution in [0.2, 0.25) is 10.0 Å². The van der Waals surface area contributed by atoms with Crippen molar-refractivity contribution in [1.82, 2.24) is 15.3 Å². The van der Waals surface area contributed by atoms with Crippen LogP contribution in [0.15, 0.2) is 41.2 Å². The number of rotatable bonds is 4. The van der Waals surface area contributed by atoms with Crippen molar-refractivity contribution in [2.45, 2.75) is 19.4 Å². The number of nitrogens with one attached hydrogen (secondary N) is 3. The fourth-order valence-corrected chi connectivity index (χ4v) is 3.01. The third-order valence-corrected chi connectivity index (χ3v) is 4.37. The lowest BCUT2D eigenvalue weighted by Gasteiger charge is -2.15. The van der Waals surface area contributed by atoms with E-state index in [-0.39, 0.29) is 24.1 Å². The maximum Gasteiger partial charge on any atom is 0.323 e. The van der Waals surface area contributed by atoms with Crippen LogP contribution in [0.3, 0.4) is 0 Å². The molecule has 1 amide bonds. The molecular weight excluding hydrogens is 349 g/mol. The summed E-state index contributed by atoms with van der Waals surface area (Å²) in [5.74, 6) is -0.144. The second kappa shape index (κ2) is 6.71. The van der Waals surface area contributed by atoms with Gasteiger partial charge in [-0.05, 0) is 42.3 Å². The normalized spacial score (nSPS) is 12.3. The zero-order chi connectivity index (χ0) is 17.3. The molecule has 0 saturated heterocycles. The minimum Gasteiger partial charge on any atom is -0.349 e.